The van der Waals surface area contributed by atoms with Crippen molar-refractivity contribution >= 4 is 11.8 Å². The maximum absolute atomic E-state index is 13.1. The molecule has 0 radical (unpaired) electrons. The number of likely N-dealkylation sites (tertiary alicyclic amines) is 1. The smallest absolute Gasteiger partial charge is 0.243 e. The lowest BCUT2D eigenvalue weighted by molar-refractivity contribution is -0.142. The number of hydrogen-bond donors (Lipinski definition) is 4. The van der Waals surface area contributed by atoms with E-state index in [1.807, 2.05) is 20.8 Å². The van der Waals surface area contributed by atoms with Crippen molar-refractivity contribution in [2.24, 2.45) is 5.41 Å². The van der Waals surface area contributed by atoms with E-state index in [4.69, 9.17) is 6.42 Å². The molecule has 1 aromatic heterocycles. The summed E-state index contributed by atoms with van der Waals surface area (Å²) in [6.45, 7) is 5.52. The summed E-state index contributed by atoms with van der Waals surface area (Å²) < 4.78 is 0. The van der Waals surface area contributed by atoms with Gasteiger partial charge >= 0.3 is 0 Å². The zero-order valence-corrected chi connectivity index (χ0v) is 17.3. The Kier molecular flexibility index (Phi) is 7.36. The van der Waals surface area contributed by atoms with Crippen LogP contribution in [0.1, 0.15) is 44.5 Å². The van der Waals surface area contributed by atoms with E-state index >= 15 is 0 Å². The minimum Gasteiger partial charge on any atom is -0.394 e. The number of amides is 2. The molecule has 1 saturated heterocycles. The maximum Gasteiger partial charge on any atom is 0.243 e. The van der Waals surface area contributed by atoms with Crippen LogP contribution in [0.5, 0.6) is 0 Å². The van der Waals surface area contributed by atoms with Crippen LogP contribution in [-0.2, 0) is 9.59 Å². The number of terminal acetylenes is 1. The third-order valence-electron chi connectivity index (χ3n) is 5.08. The Morgan fingerprint density at radius 3 is 2.59 bits per heavy atom. The number of aliphatic hydroxyl groups is 2. The van der Waals surface area contributed by atoms with E-state index in [1.54, 1.807) is 19.2 Å². The molecule has 8 heteroatoms. The van der Waals surface area contributed by atoms with E-state index in [0.717, 1.165) is 0 Å². The van der Waals surface area contributed by atoms with Crippen LogP contribution in [0.2, 0.25) is 0 Å². The van der Waals surface area contributed by atoms with E-state index < -0.39 is 30.1 Å². The number of aromatic nitrogens is 1. The Morgan fingerprint density at radius 1 is 1.41 bits per heavy atom. The highest BCUT2D eigenvalue weighted by Crippen LogP contribution is 2.26. The number of β-amino-alcohol motifs (C(OH)–C–C–N with tert-alkyl or cyclic N) is 1. The lowest BCUT2D eigenvalue weighted by atomic mass is 9.86. The molecule has 0 aromatic carbocycles. The van der Waals surface area contributed by atoms with Gasteiger partial charge in [0.05, 0.1) is 30.5 Å². The number of likely N-dealkylation sites (N-methyl/N-ethyl adjacent to an activating group) is 1. The molecule has 1 fully saturated rings. The first-order valence-electron chi connectivity index (χ1n) is 9.62. The number of hydrogen-bond acceptors (Lipinski definition) is 6. The molecule has 2 amide bonds. The van der Waals surface area contributed by atoms with Crippen LogP contribution in [-0.4, -0.2) is 70.3 Å². The van der Waals surface area contributed by atoms with Gasteiger partial charge in [-0.05, 0) is 24.6 Å². The largest absolute Gasteiger partial charge is 0.394 e. The number of nitrogens with one attached hydrogen (secondary N) is 2. The molecule has 4 atom stereocenters. The van der Waals surface area contributed by atoms with Gasteiger partial charge < -0.3 is 25.7 Å². The van der Waals surface area contributed by atoms with Crippen LogP contribution < -0.4 is 10.6 Å². The van der Waals surface area contributed by atoms with Gasteiger partial charge in [-0.3, -0.25) is 14.6 Å². The molecule has 2 rings (SSSR count). The number of aliphatic hydroxyl groups excluding tert-OH is 2. The van der Waals surface area contributed by atoms with Crippen molar-refractivity contribution in [1.82, 2.24) is 20.5 Å². The van der Waals surface area contributed by atoms with E-state index in [1.165, 1.54) is 11.1 Å². The monoisotopic (exact) mass is 402 g/mol. The Labute approximate surface area is 171 Å². The second-order valence-electron chi connectivity index (χ2n) is 8.34. The van der Waals surface area contributed by atoms with Crippen LogP contribution in [0.3, 0.4) is 0 Å². The van der Waals surface area contributed by atoms with Crippen LogP contribution in [0.4, 0.5) is 0 Å². The summed E-state index contributed by atoms with van der Waals surface area (Å²) in [5, 5.41) is 25.6. The van der Waals surface area contributed by atoms with Gasteiger partial charge in [-0.15, -0.1) is 6.42 Å². The predicted octanol–water partition coefficient (Wildman–Crippen LogP) is -0.192. The van der Waals surface area contributed by atoms with E-state index in [-0.39, 0.29) is 30.9 Å². The van der Waals surface area contributed by atoms with Gasteiger partial charge in [0.25, 0.3) is 0 Å². The van der Waals surface area contributed by atoms with Crippen LogP contribution >= 0.6 is 0 Å². The molecule has 0 saturated carbocycles. The Bertz CT molecular complexity index is 766. The second kappa shape index (κ2) is 9.35. The summed E-state index contributed by atoms with van der Waals surface area (Å²) in [4.78, 5) is 31.6. The van der Waals surface area contributed by atoms with E-state index in [9.17, 15) is 19.8 Å². The molecule has 4 N–H and O–H groups in total. The van der Waals surface area contributed by atoms with Crippen molar-refractivity contribution in [1.29, 1.82) is 0 Å². The van der Waals surface area contributed by atoms with Gasteiger partial charge in [-0.1, -0.05) is 26.7 Å². The van der Waals surface area contributed by atoms with Crippen LogP contribution in [0.15, 0.2) is 18.3 Å². The first-order valence-corrected chi connectivity index (χ1v) is 9.62. The van der Waals surface area contributed by atoms with E-state index in [0.29, 0.717) is 11.3 Å². The average Bonchev–Trinajstić information content (AvgIpc) is 3.07. The highest BCUT2D eigenvalue weighted by molar-refractivity contribution is 5.91. The summed E-state index contributed by atoms with van der Waals surface area (Å²) in [5.74, 6) is 1.77. The van der Waals surface area contributed by atoms with Crippen LogP contribution in [0.25, 0.3) is 0 Å². The molecule has 0 aliphatic carbocycles. The topological polar surface area (TPSA) is 115 Å². The zero-order chi connectivity index (χ0) is 21.8. The summed E-state index contributed by atoms with van der Waals surface area (Å²) in [6, 6.07) is 1.24. The molecule has 158 valence electrons. The van der Waals surface area contributed by atoms with Gasteiger partial charge in [0.2, 0.25) is 11.8 Å². The molecule has 8 nitrogen and oxygen atoms in total. The summed E-state index contributed by atoms with van der Waals surface area (Å²) in [5.41, 5.74) is 0.684. The van der Waals surface area contributed by atoms with Gasteiger partial charge in [0, 0.05) is 24.7 Å². The molecule has 2 heterocycles. The summed E-state index contributed by atoms with van der Waals surface area (Å²) in [6.07, 6.45) is 6.16. The predicted molar refractivity (Wildman–Crippen MR) is 109 cm³/mol. The van der Waals surface area contributed by atoms with Gasteiger partial charge in [-0.25, -0.2) is 0 Å². The number of nitrogens with zero attached hydrogens (tertiary/aromatic N) is 2. The van der Waals surface area contributed by atoms with Crippen molar-refractivity contribution in [2.75, 3.05) is 20.2 Å². The lowest BCUT2D eigenvalue weighted by Crippen LogP contribution is -2.56. The molecule has 29 heavy (non-hydrogen) atoms. The van der Waals surface area contributed by atoms with E-state index in [2.05, 4.69) is 21.5 Å². The SMILES string of the molecule is C#Cc1ccc([C@@H](CO)NC(=O)[C@@H]2C[C@@H](O)CN2C(=O)[C@@H](NC)C(C)(C)C)nc1. The lowest BCUT2D eigenvalue weighted by Gasteiger charge is -2.35. The van der Waals surface area contributed by atoms with Crippen molar-refractivity contribution < 1.29 is 19.8 Å². The normalized spacial score (nSPS) is 21.3. The fraction of sp³-hybridized carbons (Fsp3) is 0.571. The molecule has 1 aliphatic heterocycles. The van der Waals surface area contributed by atoms with Crippen molar-refractivity contribution in [3.8, 4) is 12.3 Å². The molecular formula is C21H30N4O4. The molecule has 0 bridgehead atoms. The Hall–Kier alpha value is -2.47. The van der Waals surface area contributed by atoms with Crippen molar-refractivity contribution in [3.05, 3.63) is 29.6 Å². The fourth-order valence-corrected chi connectivity index (χ4v) is 3.58. The Balaban J connectivity index is 2.18. The number of pyridine rings is 1. The molecule has 0 unspecified atom stereocenters. The highest BCUT2D eigenvalue weighted by Gasteiger charge is 2.43. The molecule has 1 aromatic rings. The highest BCUT2D eigenvalue weighted by atomic mass is 16.3. The Morgan fingerprint density at radius 2 is 2.10 bits per heavy atom. The molecule has 0 spiro atoms. The van der Waals surface area contributed by atoms with Gasteiger partial charge in [-0.2, -0.15) is 0 Å². The third kappa shape index (κ3) is 5.32. The van der Waals surface area contributed by atoms with Crippen molar-refractivity contribution in [3.63, 3.8) is 0 Å². The minimum atomic E-state index is -0.824. The third-order valence-corrected chi connectivity index (χ3v) is 5.08. The minimum absolute atomic E-state index is 0.0874. The summed E-state index contributed by atoms with van der Waals surface area (Å²) >= 11 is 0. The standard InChI is InChI=1S/C21H30N4O4/c1-6-13-7-8-15(23-10-13)16(12-26)24-19(28)17-9-14(27)11-25(17)20(29)18(22-5)21(2,3)4/h1,7-8,10,14,16-18,22,26-27H,9,11-12H2,2-5H3,(H,24,28)/t14-,16-,17+,18-/m1/s1. The number of carbonyl (C=O) groups excluding carboxylic acids is 2. The van der Waals surface area contributed by atoms with Gasteiger partial charge in [0.15, 0.2) is 0 Å². The zero-order valence-electron chi connectivity index (χ0n) is 17.3. The first kappa shape index (κ1) is 22.8. The number of carbonyl (C=O) groups is 2. The second-order valence-corrected chi connectivity index (χ2v) is 8.34. The van der Waals surface area contributed by atoms with Crippen LogP contribution in [0, 0.1) is 17.8 Å². The quantitative estimate of drug-likeness (QED) is 0.491. The molecular weight excluding hydrogens is 372 g/mol. The number of rotatable bonds is 6. The average molecular weight is 402 g/mol. The maximum atomic E-state index is 13.1. The fourth-order valence-electron chi connectivity index (χ4n) is 3.58. The first-order chi connectivity index (χ1) is 13.6. The molecule has 1 aliphatic rings. The van der Waals surface area contributed by atoms with Crippen molar-refractivity contribution in [2.45, 2.75) is 51.4 Å². The summed E-state index contributed by atoms with van der Waals surface area (Å²) in [7, 11) is 1.70. The van der Waals surface area contributed by atoms with Gasteiger partial charge in [0.1, 0.15) is 6.04 Å².